The highest BCUT2D eigenvalue weighted by Gasteiger charge is 2.51. The van der Waals surface area contributed by atoms with Crippen molar-refractivity contribution in [3.63, 3.8) is 0 Å². The van der Waals surface area contributed by atoms with Gasteiger partial charge in [0.1, 0.15) is 12.0 Å². The van der Waals surface area contributed by atoms with Crippen LogP contribution in [0.2, 0.25) is 0 Å². The lowest BCUT2D eigenvalue weighted by atomic mass is 9.88. The smallest absolute Gasteiger partial charge is 0.404 e. The molecule has 0 saturated carbocycles. The fraction of sp³-hybridized carbons (Fsp3) is 0.0667. The maximum Gasteiger partial charge on any atom is 0.737 e. The lowest BCUT2D eigenvalue weighted by molar-refractivity contribution is -0.356. The van der Waals surface area contributed by atoms with Gasteiger partial charge in [0.05, 0.1) is 17.5 Å². The minimum atomic E-state index is -4.82. The molecule has 2 aromatic heterocycles. The molecule has 0 N–H and O–H groups in total. The molecule has 10 heteroatoms. The molecule has 0 bridgehead atoms. The second-order valence-corrected chi connectivity index (χ2v) is 5.49. The Balaban J connectivity index is 1.83. The Hall–Kier alpha value is -2.91. The van der Waals surface area contributed by atoms with E-state index in [4.69, 9.17) is 0 Å². The van der Waals surface area contributed by atoms with E-state index in [9.17, 15) is 21.8 Å². The second kappa shape index (κ2) is 5.04. The van der Waals surface area contributed by atoms with E-state index in [0.29, 0.717) is 5.57 Å². The van der Waals surface area contributed by atoms with E-state index < -0.39 is 19.1 Å². The fourth-order valence-corrected chi connectivity index (χ4v) is 3.00. The van der Waals surface area contributed by atoms with Crippen LogP contribution in [0.5, 0.6) is 5.75 Å². The first kappa shape index (κ1) is 15.6. The number of halogens is 5. The molecule has 0 aliphatic carbocycles. The van der Waals surface area contributed by atoms with Crippen molar-refractivity contribution < 1.29 is 31.0 Å². The van der Waals surface area contributed by atoms with Crippen LogP contribution in [0.3, 0.4) is 0 Å². The van der Waals surface area contributed by atoms with Gasteiger partial charge >= 0.3 is 13.3 Å². The summed E-state index contributed by atoms with van der Waals surface area (Å²) in [6, 6.07) is 5.41. The van der Waals surface area contributed by atoms with Crippen LogP contribution in [0.4, 0.5) is 21.8 Å². The zero-order chi connectivity index (χ0) is 17.8. The van der Waals surface area contributed by atoms with Crippen molar-refractivity contribution in [1.29, 1.82) is 0 Å². The van der Waals surface area contributed by atoms with Crippen molar-refractivity contribution in [1.82, 2.24) is 9.46 Å². The Morgan fingerprint density at radius 1 is 1.16 bits per heavy atom. The number of nitrogens with zero attached hydrogens (tertiary/aromatic N) is 3. The molecular formula is C15H9BF5N3O. The highest BCUT2D eigenvalue weighted by molar-refractivity contribution is 6.57. The third kappa shape index (κ3) is 2.44. The molecule has 2 aliphatic rings. The molecule has 128 valence electrons. The first-order chi connectivity index (χ1) is 11.8. The second-order valence-electron chi connectivity index (χ2n) is 5.49. The number of allylic oxidation sites excluding steroid dienone is 2. The van der Waals surface area contributed by atoms with E-state index >= 15 is 0 Å². The van der Waals surface area contributed by atoms with Crippen molar-refractivity contribution in [3.8, 4) is 5.75 Å². The minimum absolute atomic E-state index is 0.244. The summed E-state index contributed by atoms with van der Waals surface area (Å²) in [5.41, 5.74) is 1.16. The quantitative estimate of drug-likeness (QED) is 0.612. The number of aromatic nitrogens is 2. The number of hydrogen-bond donors (Lipinski definition) is 0. The van der Waals surface area contributed by atoms with Crippen molar-refractivity contribution in [2.75, 3.05) is 0 Å². The van der Waals surface area contributed by atoms with Gasteiger partial charge in [0.25, 0.3) is 0 Å². The lowest BCUT2D eigenvalue weighted by Crippen LogP contribution is -2.49. The maximum atomic E-state index is 14.6. The number of fused-ring (bicyclic) bond motifs is 2. The summed E-state index contributed by atoms with van der Waals surface area (Å²) in [6.45, 7) is -4.03. The van der Waals surface area contributed by atoms with E-state index in [2.05, 4.69) is 9.72 Å². The Bertz CT molecular complexity index is 941. The Morgan fingerprint density at radius 3 is 2.64 bits per heavy atom. The van der Waals surface area contributed by atoms with Crippen LogP contribution in [-0.4, -0.2) is 33.5 Å². The monoisotopic (exact) mass is 353 g/mol. The molecule has 4 rings (SSSR count). The molecule has 2 aromatic rings. The normalized spacial score (nSPS) is 18.0. The molecule has 0 amide bonds. The molecule has 0 unspecified atom stereocenters. The van der Waals surface area contributed by atoms with Gasteiger partial charge in [-0.2, -0.15) is 0 Å². The molecule has 4 heterocycles. The van der Waals surface area contributed by atoms with Gasteiger partial charge < -0.3 is 22.3 Å². The number of ether oxygens (including phenoxy) is 1. The van der Waals surface area contributed by atoms with Crippen LogP contribution in [-0.2, 0) is 0 Å². The summed E-state index contributed by atoms with van der Waals surface area (Å²) in [4.78, 5) is 3.96. The van der Waals surface area contributed by atoms with E-state index in [1.165, 1.54) is 42.8 Å². The zero-order valence-corrected chi connectivity index (χ0v) is 12.4. The maximum absolute atomic E-state index is 14.6. The third-order valence-corrected chi connectivity index (χ3v) is 3.97. The van der Waals surface area contributed by atoms with Gasteiger partial charge in [-0.25, -0.2) is 0 Å². The number of rotatable bonds is 2. The summed E-state index contributed by atoms with van der Waals surface area (Å²) in [5, 5.41) is 0. The molecular weight excluding hydrogens is 344 g/mol. The van der Waals surface area contributed by atoms with Crippen LogP contribution in [0.15, 0.2) is 54.5 Å². The molecule has 0 spiro atoms. The summed E-state index contributed by atoms with van der Waals surface area (Å²) in [5.74, 6) is -0.479. The minimum Gasteiger partial charge on any atom is -0.404 e. The van der Waals surface area contributed by atoms with E-state index in [0.717, 1.165) is 21.2 Å². The zero-order valence-electron chi connectivity index (χ0n) is 12.4. The Morgan fingerprint density at radius 2 is 1.96 bits per heavy atom. The van der Waals surface area contributed by atoms with Crippen molar-refractivity contribution in [2.24, 2.45) is 0 Å². The SMILES string of the molecule is F[B-]1(F)n2cccc2C(c2ccc(OC(F)(F)F)cn2)=C2C=CC=[N+]21. The van der Waals surface area contributed by atoms with Gasteiger partial charge in [-0.1, -0.05) is 0 Å². The average Bonchev–Trinajstić information content (AvgIpc) is 3.17. The Kier molecular flexibility index (Phi) is 3.15. The Labute approximate surface area is 138 Å². The van der Waals surface area contributed by atoms with Crippen LogP contribution in [0.1, 0.15) is 11.4 Å². The molecule has 0 atom stereocenters. The van der Waals surface area contributed by atoms with Crippen LogP contribution in [0, 0.1) is 0 Å². The lowest BCUT2D eigenvalue weighted by Gasteiger charge is -2.30. The highest BCUT2D eigenvalue weighted by Crippen LogP contribution is 2.38. The van der Waals surface area contributed by atoms with Gasteiger partial charge in [0.2, 0.25) is 0 Å². The van der Waals surface area contributed by atoms with Crippen molar-refractivity contribution in [2.45, 2.75) is 6.36 Å². The molecule has 4 nitrogen and oxygen atoms in total. The molecule has 25 heavy (non-hydrogen) atoms. The first-order valence-corrected chi connectivity index (χ1v) is 7.23. The summed E-state index contributed by atoms with van der Waals surface area (Å²) >= 11 is 0. The standard InChI is InChI=1S/C15H9BF5N3O/c17-15(18,19)25-10-5-6-11(22-9-10)14-12-3-1-7-23(12)16(20,21)24-8-2-4-13(14)24/h1-9H. The predicted molar refractivity (Wildman–Crippen MR) is 80.2 cm³/mol. The number of alkyl halides is 3. The van der Waals surface area contributed by atoms with Crippen molar-refractivity contribution in [3.05, 3.63) is 65.9 Å². The van der Waals surface area contributed by atoms with Gasteiger partial charge in [-0.05, 0) is 30.5 Å². The average molecular weight is 353 g/mol. The van der Waals surface area contributed by atoms with Gasteiger partial charge in [0, 0.05) is 17.8 Å². The number of pyridine rings is 1. The van der Waals surface area contributed by atoms with Crippen LogP contribution < -0.4 is 4.74 Å². The molecule has 0 aromatic carbocycles. The molecule has 0 radical (unpaired) electrons. The fourth-order valence-electron chi connectivity index (χ4n) is 3.00. The topological polar surface area (TPSA) is 30.1 Å². The summed E-state index contributed by atoms with van der Waals surface area (Å²) in [6.07, 6.45) is 1.62. The molecule has 0 saturated heterocycles. The van der Waals surface area contributed by atoms with E-state index in [1.807, 2.05) is 0 Å². The van der Waals surface area contributed by atoms with Gasteiger partial charge in [-0.3, -0.25) is 4.98 Å². The number of hydrogen-bond acceptors (Lipinski definition) is 2. The predicted octanol–water partition coefficient (Wildman–Crippen LogP) is 3.43. The first-order valence-electron chi connectivity index (χ1n) is 7.23. The highest BCUT2D eigenvalue weighted by atomic mass is 19.4. The van der Waals surface area contributed by atoms with E-state index in [1.54, 1.807) is 0 Å². The van der Waals surface area contributed by atoms with Crippen molar-refractivity contribution >= 4 is 18.8 Å². The van der Waals surface area contributed by atoms with Gasteiger partial charge in [0.15, 0.2) is 5.70 Å². The molecule has 2 aliphatic heterocycles. The largest absolute Gasteiger partial charge is 0.737 e. The van der Waals surface area contributed by atoms with Gasteiger partial charge in [-0.15, -0.1) is 13.2 Å². The van der Waals surface area contributed by atoms with Crippen LogP contribution in [0.25, 0.3) is 5.57 Å². The summed E-state index contributed by atoms with van der Waals surface area (Å²) < 4.78 is 71.4. The van der Waals surface area contributed by atoms with E-state index in [-0.39, 0.29) is 17.1 Å². The van der Waals surface area contributed by atoms with Crippen LogP contribution >= 0.6 is 0 Å². The summed E-state index contributed by atoms with van der Waals surface area (Å²) in [7, 11) is 0. The molecule has 0 fully saturated rings. The third-order valence-electron chi connectivity index (χ3n) is 3.97.